The smallest absolute Gasteiger partial charge is 0.299 e. The molecule has 3 nitrogen and oxygen atoms in total. The molecule has 0 amide bonds. The van der Waals surface area contributed by atoms with Gasteiger partial charge < -0.3 is 4.74 Å². The summed E-state index contributed by atoms with van der Waals surface area (Å²) in [6.07, 6.45) is 0. The lowest BCUT2D eigenvalue weighted by Gasteiger charge is -2.04. The second-order valence-corrected chi connectivity index (χ2v) is 5.31. The molecule has 84 valence electrons. The zero-order valence-corrected chi connectivity index (χ0v) is 11.6. The van der Waals surface area contributed by atoms with Crippen molar-refractivity contribution in [1.82, 2.24) is 10.2 Å². The maximum Gasteiger partial charge on any atom is 0.299 e. The summed E-state index contributed by atoms with van der Waals surface area (Å²) >= 11 is 10.4. The summed E-state index contributed by atoms with van der Waals surface area (Å²) in [6.45, 7) is 1.98. The predicted molar refractivity (Wildman–Crippen MR) is 68.4 cm³/mol. The van der Waals surface area contributed by atoms with Crippen molar-refractivity contribution in [2.45, 2.75) is 12.8 Å². The van der Waals surface area contributed by atoms with Crippen molar-refractivity contribution in [3.8, 4) is 10.9 Å². The van der Waals surface area contributed by atoms with Crippen LogP contribution in [-0.2, 0) is 5.88 Å². The molecule has 1 aromatic heterocycles. The number of nitrogens with zero attached hydrogens (tertiary/aromatic N) is 2. The molecule has 1 aromatic carbocycles. The molecule has 0 N–H and O–H groups in total. The van der Waals surface area contributed by atoms with Gasteiger partial charge in [0.15, 0.2) is 0 Å². The summed E-state index contributed by atoms with van der Waals surface area (Å²) < 4.78 is 6.60. The third kappa shape index (κ3) is 2.72. The van der Waals surface area contributed by atoms with Crippen molar-refractivity contribution in [2.24, 2.45) is 0 Å². The van der Waals surface area contributed by atoms with Gasteiger partial charge in [0.05, 0.1) is 5.88 Å². The molecule has 0 unspecified atom stereocenters. The van der Waals surface area contributed by atoms with E-state index in [-0.39, 0.29) is 0 Å². The monoisotopic (exact) mass is 318 g/mol. The molecule has 1 heterocycles. The van der Waals surface area contributed by atoms with Crippen molar-refractivity contribution in [3.63, 3.8) is 0 Å². The third-order valence-corrected chi connectivity index (χ3v) is 3.62. The summed E-state index contributed by atoms with van der Waals surface area (Å²) in [7, 11) is 0. The Balaban J connectivity index is 2.22. The van der Waals surface area contributed by atoms with E-state index in [9.17, 15) is 0 Å². The molecule has 2 aromatic rings. The van der Waals surface area contributed by atoms with Crippen LogP contribution in [0.4, 0.5) is 0 Å². The lowest BCUT2D eigenvalue weighted by Crippen LogP contribution is -1.86. The van der Waals surface area contributed by atoms with Gasteiger partial charge in [-0.2, -0.15) is 0 Å². The summed E-state index contributed by atoms with van der Waals surface area (Å²) in [6, 6.07) is 5.84. The van der Waals surface area contributed by atoms with E-state index in [1.807, 2.05) is 25.1 Å². The van der Waals surface area contributed by atoms with Gasteiger partial charge in [0.2, 0.25) is 0 Å². The van der Waals surface area contributed by atoms with Crippen LogP contribution < -0.4 is 4.74 Å². The van der Waals surface area contributed by atoms with Crippen molar-refractivity contribution in [3.05, 3.63) is 33.2 Å². The molecule has 0 bridgehead atoms. The van der Waals surface area contributed by atoms with Gasteiger partial charge in [0.1, 0.15) is 10.8 Å². The lowest BCUT2D eigenvalue weighted by molar-refractivity contribution is 0.469. The van der Waals surface area contributed by atoms with Crippen LogP contribution >= 0.6 is 38.9 Å². The van der Waals surface area contributed by atoms with Crippen LogP contribution in [0.2, 0.25) is 0 Å². The number of benzene rings is 1. The van der Waals surface area contributed by atoms with Gasteiger partial charge in [-0.25, -0.2) is 0 Å². The lowest BCUT2D eigenvalue weighted by atomic mass is 10.2. The molecule has 0 saturated heterocycles. The molecular formula is C10H8BrClN2OS. The molecule has 2 rings (SSSR count). The minimum absolute atomic E-state index is 0.360. The van der Waals surface area contributed by atoms with E-state index >= 15 is 0 Å². The van der Waals surface area contributed by atoms with Crippen LogP contribution in [0.3, 0.4) is 0 Å². The van der Waals surface area contributed by atoms with E-state index in [0.29, 0.717) is 11.1 Å². The minimum Gasteiger partial charge on any atom is -0.429 e. The third-order valence-electron chi connectivity index (χ3n) is 1.91. The first-order chi connectivity index (χ1) is 7.69. The molecule has 0 fully saturated rings. The van der Waals surface area contributed by atoms with Crippen LogP contribution in [0.1, 0.15) is 10.6 Å². The average molecular weight is 320 g/mol. The first-order valence-corrected chi connectivity index (χ1v) is 6.66. The van der Waals surface area contributed by atoms with E-state index in [1.54, 1.807) is 0 Å². The molecule has 0 aliphatic heterocycles. The highest BCUT2D eigenvalue weighted by Crippen LogP contribution is 2.30. The predicted octanol–water partition coefficient (Wildman–Crippen LogP) is 4.14. The normalized spacial score (nSPS) is 10.4. The Kier molecular flexibility index (Phi) is 3.78. The average Bonchev–Trinajstić information content (AvgIpc) is 2.71. The standard InChI is InChI=1S/C10H8BrClN2OS/c1-6-2-3-7(11)4-8(6)15-10-14-13-9(5-12)16-10/h2-4H,5H2,1H3. The van der Waals surface area contributed by atoms with Gasteiger partial charge in [-0.1, -0.05) is 38.4 Å². The molecule has 0 atom stereocenters. The molecule has 6 heteroatoms. The number of hydrogen-bond donors (Lipinski definition) is 0. The van der Waals surface area contributed by atoms with Crippen molar-refractivity contribution in [2.75, 3.05) is 0 Å². The van der Waals surface area contributed by atoms with Gasteiger partial charge >= 0.3 is 0 Å². The second-order valence-electron chi connectivity index (χ2n) is 3.11. The van der Waals surface area contributed by atoms with Gasteiger partial charge in [-0.15, -0.1) is 16.7 Å². The topological polar surface area (TPSA) is 35.0 Å². The molecular weight excluding hydrogens is 312 g/mol. The fourth-order valence-electron chi connectivity index (χ4n) is 1.11. The van der Waals surface area contributed by atoms with E-state index in [1.165, 1.54) is 11.3 Å². The minimum atomic E-state index is 0.360. The van der Waals surface area contributed by atoms with E-state index in [0.717, 1.165) is 20.8 Å². The fraction of sp³-hybridized carbons (Fsp3) is 0.200. The van der Waals surface area contributed by atoms with Gasteiger partial charge in [-0.3, -0.25) is 0 Å². The van der Waals surface area contributed by atoms with Crippen LogP contribution in [0.25, 0.3) is 0 Å². The Morgan fingerprint density at radius 2 is 2.25 bits per heavy atom. The molecule has 0 aliphatic carbocycles. The zero-order chi connectivity index (χ0) is 11.5. The van der Waals surface area contributed by atoms with Crippen LogP contribution in [0.5, 0.6) is 10.9 Å². The molecule has 0 aliphatic rings. The van der Waals surface area contributed by atoms with E-state index in [2.05, 4.69) is 26.1 Å². The summed E-state index contributed by atoms with van der Waals surface area (Å²) in [5.74, 6) is 1.13. The Bertz CT molecular complexity index is 503. The highest BCUT2D eigenvalue weighted by molar-refractivity contribution is 9.10. The van der Waals surface area contributed by atoms with Crippen molar-refractivity contribution >= 4 is 38.9 Å². The first kappa shape index (κ1) is 11.8. The number of hydrogen-bond acceptors (Lipinski definition) is 4. The molecule has 0 saturated carbocycles. The van der Waals surface area contributed by atoms with E-state index < -0.39 is 0 Å². The Hall–Kier alpha value is -0.650. The molecule has 0 radical (unpaired) electrons. The van der Waals surface area contributed by atoms with Gasteiger partial charge in [0, 0.05) is 4.47 Å². The highest BCUT2D eigenvalue weighted by atomic mass is 79.9. The summed E-state index contributed by atoms with van der Waals surface area (Å²) in [4.78, 5) is 0. The largest absolute Gasteiger partial charge is 0.429 e. The quantitative estimate of drug-likeness (QED) is 0.798. The Morgan fingerprint density at radius 3 is 2.94 bits per heavy atom. The van der Waals surface area contributed by atoms with Gasteiger partial charge in [0.25, 0.3) is 5.19 Å². The number of aryl methyl sites for hydroxylation is 1. The summed E-state index contributed by atoms with van der Waals surface area (Å²) in [5.41, 5.74) is 1.05. The van der Waals surface area contributed by atoms with Crippen LogP contribution in [0, 0.1) is 6.92 Å². The number of rotatable bonds is 3. The molecule has 16 heavy (non-hydrogen) atoms. The van der Waals surface area contributed by atoms with Crippen LogP contribution in [0.15, 0.2) is 22.7 Å². The number of ether oxygens (including phenoxy) is 1. The number of halogens is 2. The first-order valence-electron chi connectivity index (χ1n) is 4.51. The maximum atomic E-state index is 5.64. The van der Waals surface area contributed by atoms with Crippen LogP contribution in [-0.4, -0.2) is 10.2 Å². The summed E-state index contributed by atoms with van der Waals surface area (Å²) in [5, 5.41) is 9.05. The zero-order valence-electron chi connectivity index (χ0n) is 8.41. The van der Waals surface area contributed by atoms with Crippen molar-refractivity contribution < 1.29 is 4.74 Å². The van der Waals surface area contributed by atoms with Gasteiger partial charge in [-0.05, 0) is 24.6 Å². The Labute approximate surface area is 111 Å². The second kappa shape index (κ2) is 5.12. The molecule has 0 spiro atoms. The number of alkyl halides is 1. The number of aromatic nitrogens is 2. The van der Waals surface area contributed by atoms with Crippen molar-refractivity contribution in [1.29, 1.82) is 0 Å². The highest BCUT2D eigenvalue weighted by Gasteiger charge is 2.07. The fourth-order valence-corrected chi connectivity index (χ4v) is 2.22. The van der Waals surface area contributed by atoms with E-state index in [4.69, 9.17) is 16.3 Å². The Morgan fingerprint density at radius 1 is 1.44 bits per heavy atom. The maximum absolute atomic E-state index is 5.64. The SMILES string of the molecule is Cc1ccc(Br)cc1Oc1nnc(CCl)s1.